The Labute approximate surface area is 217 Å². The molecule has 3 heterocycles. The van der Waals surface area contributed by atoms with Crippen molar-refractivity contribution in [3.05, 3.63) is 51.9 Å². The first-order valence-electron chi connectivity index (χ1n) is 13.8. The highest BCUT2D eigenvalue weighted by Gasteiger charge is 2.27. The lowest BCUT2D eigenvalue weighted by molar-refractivity contribution is -0.123. The van der Waals surface area contributed by atoms with Crippen LogP contribution in [0.1, 0.15) is 88.9 Å². The second-order valence-electron chi connectivity index (χ2n) is 10.0. The average Bonchev–Trinajstić information content (AvgIpc) is 2.91. The first-order chi connectivity index (χ1) is 18.0. The number of aryl methyl sites for hydroxylation is 1. The molecule has 0 atom stereocenters. The molecule has 3 aromatic heterocycles. The van der Waals surface area contributed by atoms with E-state index in [1.165, 1.54) is 29.7 Å². The Kier molecular flexibility index (Phi) is 8.90. The van der Waals surface area contributed by atoms with Crippen LogP contribution in [0.5, 0.6) is 0 Å². The number of unbranched alkanes of at least 4 members (excludes halogenated alkanes) is 2. The molecule has 1 aliphatic carbocycles. The summed E-state index contributed by atoms with van der Waals surface area (Å²) in [6.07, 6.45) is 10.7. The molecule has 37 heavy (non-hydrogen) atoms. The molecule has 4 rings (SSSR count). The SMILES string of the molecule is CCCCC1CCC(C(=O)N=c2c(C(=O)OCC)cc3c(=O)n4ccccc4nc3n2CCCC)CC1. The van der Waals surface area contributed by atoms with Gasteiger partial charge in [0.1, 0.15) is 16.9 Å². The van der Waals surface area contributed by atoms with Crippen molar-refractivity contribution in [2.75, 3.05) is 6.61 Å². The normalized spacial score (nSPS) is 18.4. The zero-order valence-electron chi connectivity index (χ0n) is 22.2. The number of pyridine rings is 2. The summed E-state index contributed by atoms with van der Waals surface area (Å²) in [5.74, 6) is -0.276. The van der Waals surface area contributed by atoms with E-state index in [0.29, 0.717) is 29.1 Å². The van der Waals surface area contributed by atoms with E-state index in [-0.39, 0.29) is 35.0 Å². The van der Waals surface area contributed by atoms with Gasteiger partial charge in [-0.2, -0.15) is 4.99 Å². The molecule has 0 radical (unpaired) electrons. The van der Waals surface area contributed by atoms with E-state index >= 15 is 0 Å². The summed E-state index contributed by atoms with van der Waals surface area (Å²) in [7, 11) is 0. The fourth-order valence-corrected chi connectivity index (χ4v) is 5.27. The predicted octanol–water partition coefficient (Wildman–Crippen LogP) is 5.05. The van der Waals surface area contributed by atoms with Crippen molar-refractivity contribution in [3.8, 4) is 0 Å². The molecule has 8 nitrogen and oxygen atoms in total. The van der Waals surface area contributed by atoms with Crippen LogP contribution in [0.25, 0.3) is 16.7 Å². The van der Waals surface area contributed by atoms with Gasteiger partial charge in [0, 0.05) is 18.7 Å². The number of ether oxygens (including phenoxy) is 1. The third kappa shape index (κ3) is 5.84. The van der Waals surface area contributed by atoms with Gasteiger partial charge in [-0.3, -0.25) is 14.0 Å². The number of hydrogen-bond acceptors (Lipinski definition) is 5. The van der Waals surface area contributed by atoms with Crippen molar-refractivity contribution in [1.82, 2.24) is 14.0 Å². The van der Waals surface area contributed by atoms with Gasteiger partial charge in [-0.15, -0.1) is 0 Å². The number of fused-ring (bicyclic) bond motifs is 2. The maximum Gasteiger partial charge on any atom is 0.341 e. The number of esters is 1. The van der Waals surface area contributed by atoms with E-state index in [9.17, 15) is 14.4 Å². The van der Waals surface area contributed by atoms with Crippen molar-refractivity contribution in [1.29, 1.82) is 0 Å². The van der Waals surface area contributed by atoms with Crippen molar-refractivity contribution in [3.63, 3.8) is 0 Å². The minimum Gasteiger partial charge on any atom is -0.462 e. The third-order valence-corrected chi connectivity index (χ3v) is 7.40. The Hall–Kier alpha value is -3.29. The third-order valence-electron chi connectivity index (χ3n) is 7.40. The molecule has 3 aromatic rings. The highest BCUT2D eigenvalue weighted by molar-refractivity contribution is 5.93. The fraction of sp³-hybridized carbons (Fsp3) is 0.552. The molecule has 8 heteroatoms. The topological polar surface area (TPSA) is 95.0 Å². The van der Waals surface area contributed by atoms with Crippen LogP contribution in [-0.2, 0) is 16.1 Å². The number of hydrogen-bond donors (Lipinski definition) is 0. The minimum absolute atomic E-state index is 0.130. The molecule has 0 aromatic carbocycles. The number of carbonyl (C=O) groups excluding carboxylic acids is 2. The summed E-state index contributed by atoms with van der Waals surface area (Å²) in [4.78, 5) is 49.2. The molecule has 0 unspecified atom stereocenters. The second-order valence-corrected chi connectivity index (χ2v) is 10.0. The van der Waals surface area contributed by atoms with Crippen molar-refractivity contribution < 1.29 is 14.3 Å². The smallest absolute Gasteiger partial charge is 0.341 e. The predicted molar refractivity (Wildman–Crippen MR) is 143 cm³/mol. The van der Waals surface area contributed by atoms with Gasteiger partial charge in [-0.25, -0.2) is 9.78 Å². The summed E-state index contributed by atoms with van der Waals surface area (Å²) in [6, 6.07) is 6.85. The van der Waals surface area contributed by atoms with Crippen molar-refractivity contribution >= 4 is 28.6 Å². The number of rotatable bonds is 9. The molecule has 0 aliphatic heterocycles. The summed E-state index contributed by atoms with van der Waals surface area (Å²) in [6.45, 7) is 6.65. The number of amides is 1. The van der Waals surface area contributed by atoms with E-state index in [1.54, 1.807) is 29.8 Å². The van der Waals surface area contributed by atoms with Crippen LogP contribution >= 0.6 is 0 Å². The average molecular weight is 507 g/mol. The van der Waals surface area contributed by atoms with E-state index in [2.05, 4.69) is 18.8 Å². The van der Waals surface area contributed by atoms with E-state index in [4.69, 9.17) is 9.72 Å². The molecule has 1 amide bonds. The van der Waals surface area contributed by atoms with Crippen LogP contribution in [0.4, 0.5) is 0 Å². The lowest BCUT2D eigenvalue weighted by Crippen LogP contribution is -2.34. The van der Waals surface area contributed by atoms with Crippen LogP contribution < -0.4 is 11.0 Å². The maximum absolute atomic E-state index is 13.4. The maximum atomic E-state index is 13.4. The van der Waals surface area contributed by atoms with Gasteiger partial charge in [-0.1, -0.05) is 45.6 Å². The number of aromatic nitrogens is 3. The Morgan fingerprint density at radius 1 is 1.08 bits per heavy atom. The first-order valence-corrected chi connectivity index (χ1v) is 13.8. The van der Waals surface area contributed by atoms with Crippen molar-refractivity contribution in [2.45, 2.75) is 85.1 Å². The Morgan fingerprint density at radius 3 is 2.54 bits per heavy atom. The molecule has 1 saturated carbocycles. The summed E-state index contributed by atoms with van der Waals surface area (Å²) in [5.41, 5.74) is 1.01. The van der Waals surface area contributed by atoms with E-state index in [1.807, 2.05) is 6.07 Å². The van der Waals surface area contributed by atoms with Gasteiger partial charge in [0.15, 0.2) is 5.49 Å². The molecule has 0 spiro atoms. The highest BCUT2D eigenvalue weighted by Crippen LogP contribution is 2.32. The molecule has 0 bridgehead atoms. The van der Waals surface area contributed by atoms with E-state index < -0.39 is 5.97 Å². The molecule has 1 fully saturated rings. The van der Waals surface area contributed by atoms with Gasteiger partial charge in [-0.05, 0) is 63.1 Å². The highest BCUT2D eigenvalue weighted by atomic mass is 16.5. The van der Waals surface area contributed by atoms with Gasteiger partial charge >= 0.3 is 5.97 Å². The zero-order chi connectivity index (χ0) is 26.4. The largest absolute Gasteiger partial charge is 0.462 e. The molecular formula is C29H38N4O4. The van der Waals surface area contributed by atoms with Crippen LogP contribution in [-0.4, -0.2) is 32.4 Å². The lowest BCUT2D eigenvalue weighted by Gasteiger charge is -2.26. The molecule has 198 valence electrons. The standard InChI is InChI=1S/C29H38N4O4/c1-4-7-11-20-13-15-21(16-14-20)27(34)31-26-23(29(36)37-6-3)19-22-25(33(26)17-8-5-2)30-24-12-9-10-18-32(24)28(22)35/h9-10,12,18-21H,4-8,11,13-17H2,1-3H3. The number of nitrogens with zero attached hydrogens (tertiary/aromatic N) is 4. The summed E-state index contributed by atoms with van der Waals surface area (Å²) >= 11 is 0. The monoisotopic (exact) mass is 506 g/mol. The van der Waals surface area contributed by atoms with Crippen LogP contribution in [0.3, 0.4) is 0 Å². The molecule has 0 saturated heterocycles. The van der Waals surface area contributed by atoms with Gasteiger partial charge in [0.05, 0.1) is 12.0 Å². The molecule has 1 aliphatic rings. The van der Waals surface area contributed by atoms with Gasteiger partial charge < -0.3 is 9.30 Å². The van der Waals surface area contributed by atoms with Crippen LogP contribution in [0.15, 0.2) is 40.2 Å². The Balaban J connectivity index is 1.87. The zero-order valence-corrected chi connectivity index (χ0v) is 22.2. The quantitative estimate of drug-likeness (QED) is 0.299. The van der Waals surface area contributed by atoms with E-state index in [0.717, 1.165) is 38.5 Å². The number of carbonyl (C=O) groups is 2. The van der Waals surface area contributed by atoms with Gasteiger partial charge in [0.2, 0.25) is 0 Å². The van der Waals surface area contributed by atoms with Gasteiger partial charge in [0.25, 0.3) is 11.5 Å². The second kappa shape index (κ2) is 12.3. The minimum atomic E-state index is -0.595. The first kappa shape index (κ1) is 26.8. The summed E-state index contributed by atoms with van der Waals surface area (Å²) in [5, 5.41) is 0.297. The van der Waals surface area contributed by atoms with Crippen LogP contribution in [0, 0.1) is 11.8 Å². The molecular weight excluding hydrogens is 468 g/mol. The molecule has 0 N–H and O–H groups in total. The van der Waals surface area contributed by atoms with Crippen LogP contribution in [0.2, 0.25) is 0 Å². The van der Waals surface area contributed by atoms with Crippen molar-refractivity contribution in [2.24, 2.45) is 16.8 Å². The summed E-state index contributed by atoms with van der Waals surface area (Å²) < 4.78 is 8.56. The Morgan fingerprint density at radius 2 is 1.84 bits per heavy atom. The Bertz CT molecular complexity index is 1400. The fourth-order valence-electron chi connectivity index (χ4n) is 5.27. The lowest BCUT2D eigenvalue weighted by atomic mass is 9.79.